The largest absolute Gasteiger partial charge is 0.362 e. The second-order valence-electron chi connectivity index (χ2n) is 5.88. The van der Waals surface area contributed by atoms with Gasteiger partial charge >= 0.3 is 0 Å². The minimum atomic E-state index is -0.363. The highest BCUT2D eigenvalue weighted by atomic mass is 32.2. The molecule has 0 saturated carbocycles. The van der Waals surface area contributed by atoms with Crippen molar-refractivity contribution in [3.63, 3.8) is 0 Å². The minimum absolute atomic E-state index is 0.174. The van der Waals surface area contributed by atoms with Crippen LogP contribution in [0.4, 0.5) is 10.1 Å². The van der Waals surface area contributed by atoms with E-state index < -0.39 is 0 Å². The normalized spacial score (nSPS) is 14.7. The van der Waals surface area contributed by atoms with Crippen molar-refractivity contribution in [2.75, 3.05) is 23.7 Å². The molecule has 2 aromatic rings. The van der Waals surface area contributed by atoms with Crippen molar-refractivity contribution in [1.82, 2.24) is 5.32 Å². The smallest absolute Gasteiger partial charge is 0.244 e. The minimum Gasteiger partial charge on any atom is -0.362 e. The van der Waals surface area contributed by atoms with Crippen LogP contribution < -0.4 is 10.2 Å². The predicted molar refractivity (Wildman–Crippen MR) is 103 cm³/mol. The van der Waals surface area contributed by atoms with Crippen LogP contribution in [0.2, 0.25) is 0 Å². The molecule has 3 rings (SSSR count). The second-order valence-corrected chi connectivity index (χ2v) is 7.04. The van der Waals surface area contributed by atoms with E-state index in [9.17, 15) is 14.0 Å². The van der Waals surface area contributed by atoms with E-state index in [0.717, 1.165) is 23.5 Å². The lowest BCUT2D eigenvalue weighted by atomic mass is 10.1. The lowest BCUT2D eigenvalue weighted by molar-refractivity contribution is -0.116. The van der Waals surface area contributed by atoms with Gasteiger partial charge in [-0.1, -0.05) is 42.1 Å². The summed E-state index contributed by atoms with van der Waals surface area (Å²) >= 11 is 1.37. The first-order valence-electron chi connectivity index (χ1n) is 8.32. The Hall–Kier alpha value is -2.60. The molecule has 1 aliphatic rings. The molecule has 1 heterocycles. The number of carbonyl (C=O) groups excluding carboxylic acids is 2. The third-order valence-electron chi connectivity index (χ3n) is 4.01. The zero-order valence-electron chi connectivity index (χ0n) is 14.2. The van der Waals surface area contributed by atoms with Gasteiger partial charge in [-0.15, -0.1) is 0 Å². The van der Waals surface area contributed by atoms with Crippen LogP contribution in [0.15, 0.2) is 54.6 Å². The fraction of sp³-hybridized carbons (Fsp3) is 0.200. The molecule has 0 radical (unpaired) electrons. The maximum Gasteiger partial charge on any atom is 0.244 e. The van der Waals surface area contributed by atoms with Crippen LogP contribution in [-0.2, 0) is 16.1 Å². The van der Waals surface area contributed by atoms with Gasteiger partial charge in [0.2, 0.25) is 11.0 Å². The second kappa shape index (κ2) is 8.67. The number of carbonyl (C=O) groups is 2. The molecule has 2 aromatic carbocycles. The summed E-state index contributed by atoms with van der Waals surface area (Å²) in [5.74, 6) is 0.141. The Balaban J connectivity index is 1.57. The molecule has 0 aliphatic carbocycles. The molecule has 0 aromatic heterocycles. The first-order chi connectivity index (χ1) is 12.6. The van der Waals surface area contributed by atoms with Crippen LogP contribution >= 0.6 is 11.8 Å². The molecule has 1 aliphatic heterocycles. The molecule has 6 heteroatoms. The van der Waals surface area contributed by atoms with Crippen molar-refractivity contribution in [3.05, 3.63) is 71.6 Å². The van der Waals surface area contributed by atoms with Crippen molar-refractivity contribution in [1.29, 1.82) is 0 Å². The molecule has 0 spiro atoms. The Bertz CT molecular complexity index is 838. The van der Waals surface area contributed by atoms with E-state index in [1.54, 1.807) is 18.2 Å². The standard InChI is InChI=1S/C20H19FN2O2S/c21-18-7-2-1-5-16(18)8-9-19(24)22-13-15-4-3-6-17(12-15)23-10-11-26-20(25)14-23/h1-9,12H,10-11,13-14H2,(H,22,24). The topological polar surface area (TPSA) is 49.4 Å². The van der Waals surface area contributed by atoms with Gasteiger partial charge in [0.1, 0.15) is 5.82 Å². The number of anilines is 1. The fourth-order valence-electron chi connectivity index (χ4n) is 2.66. The van der Waals surface area contributed by atoms with Gasteiger partial charge in [-0.3, -0.25) is 9.59 Å². The molecule has 1 amide bonds. The highest BCUT2D eigenvalue weighted by molar-refractivity contribution is 8.13. The average molecular weight is 370 g/mol. The lowest BCUT2D eigenvalue weighted by Crippen LogP contribution is -2.35. The van der Waals surface area contributed by atoms with Crippen LogP contribution in [0.3, 0.4) is 0 Å². The number of amides is 1. The molecule has 4 nitrogen and oxygen atoms in total. The van der Waals surface area contributed by atoms with Crippen molar-refractivity contribution >= 4 is 34.5 Å². The van der Waals surface area contributed by atoms with E-state index in [1.165, 1.54) is 30.0 Å². The van der Waals surface area contributed by atoms with Gasteiger partial charge in [-0.05, 0) is 29.8 Å². The van der Waals surface area contributed by atoms with Gasteiger partial charge in [0, 0.05) is 36.2 Å². The Labute approximate surface area is 156 Å². The molecule has 1 N–H and O–H groups in total. The van der Waals surface area contributed by atoms with Crippen molar-refractivity contribution in [2.24, 2.45) is 0 Å². The Morgan fingerprint density at radius 3 is 2.88 bits per heavy atom. The molecule has 0 atom stereocenters. The van der Waals surface area contributed by atoms with Crippen LogP contribution in [0.1, 0.15) is 11.1 Å². The third kappa shape index (κ3) is 4.95. The van der Waals surface area contributed by atoms with Crippen LogP contribution in [0, 0.1) is 5.82 Å². The van der Waals surface area contributed by atoms with Gasteiger partial charge in [0.15, 0.2) is 0 Å². The molecule has 1 fully saturated rings. The summed E-state index contributed by atoms with van der Waals surface area (Å²) in [7, 11) is 0. The summed E-state index contributed by atoms with van der Waals surface area (Å²) in [5, 5.41) is 2.96. The maximum atomic E-state index is 13.5. The molecule has 0 unspecified atom stereocenters. The fourth-order valence-corrected chi connectivity index (χ4v) is 3.44. The zero-order valence-corrected chi connectivity index (χ0v) is 15.0. The number of nitrogens with zero attached hydrogens (tertiary/aromatic N) is 1. The zero-order chi connectivity index (χ0) is 18.4. The van der Waals surface area contributed by atoms with E-state index in [1.807, 2.05) is 29.2 Å². The Morgan fingerprint density at radius 1 is 1.23 bits per heavy atom. The lowest BCUT2D eigenvalue weighted by Gasteiger charge is -2.27. The van der Waals surface area contributed by atoms with E-state index in [2.05, 4.69) is 5.32 Å². The average Bonchev–Trinajstić information content (AvgIpc) is 2.66. The summed E-state index contributed by atoms with van der Waals surface area (Å²) in [6.07, 6.45) is 2.78. The number of halogens is 1. The van der Waals surface area contributed by atoms with Gasteiger partial charge in [-0.2, -0.15) is 0 Å². The molecule has 1 saturated heterocycles. The van der Waals surface area contributed by atoms with Gasteiger partial charge in [0.05, 0.1) is 6.54 Å². The number of rotatable bonds is 5. The number of hydrogen-bond acceptors (Lipinski definition) is 4. The van der Waals surface area contributed by atoms with Crippen molar-refractivity contribution < 1.29 is 14.0 Å². The first kappa shape index (κ1) is 18.2. The van der Waals surface area contributed by atoms with Crippen LogP contribution in [0.5, 0.6) is 0 Å². The SMILES string of the molecule is O=C(C=Cc1ccccc1F)NCc1cccc(N2CCSC(=O)C2)c1. The summed E-state index contributed by atoms with van der Waals surface area (Å²) in [6, 6.07) is 14.1. The van der Waals surface area contributed by atoms with Crippen LogP contribution in [-0.4, -0.2) is 29.9 Å². The number of thioether (sulfide) groups is 1. The summed E-state index contributed by atoms with van der Waals surface area (Å²) in [4.78, 5) is 25.6. The highest BCUT2D eigenvalue weighted by Crippen LogP contribution is 2.21. The quantitative estimate of drug-likeness (QED) is 0.821. The summed E-state index contributed by atoms with van der Waals surface area (Å²) in [5.41, 5.74) is 2.30. The van der Waals surface area contributed by atoms with E-state index in [4.69, 9.17) is 0 Å². The van der Waals surface area contributed by atoms with Gasteiger partial charge < -0.3 is 10.2 Å². The van der Waals surface area contributed by atoms with Crippen molar-refractivity contribution in [2.45, 2.75) is 6.54 Å². The van der Waals surface area contributed by atoms with Crippen molar-refractivity contribution in [3.8, 4) is 0 Å². The van der Waals surface area contributed by atoms with E-state index in [0.29, 0.717) is 18.7 Å². The first-order valence-corrected chi connectivity index (χ1v) is 9.30. The van der Waals surface area contributed by atoms with E-state index >= 15 is 0 Å². The van der Waals surface area contributed by atoms with E-state index in [-0.39, 0.29) is 16.8 Å². The van der Waals surface area contributed by atoms with Crippen LogP contribution in [0.25, 0.3) is 6.08 Å². The molecular formula is C20H19FN2O2S. The number of nitrogens with one attached hydrogen (secondary N) is 1. The monoisotopic (exact) mass is 370 g/mol. The summed E-state index contributed by atoms with van der Waals surface area (Å²) in [6.45, 7) is 1.61. The predicted octanol–water partition coefficient (Wildman–Crippen LogP) is 3.24. The van der Waals surface area contributed by atoms with Gasteiger partial charge in [-0.25, -0.2) is 4.39 Å². The number of hydrogen-bond donors (Lipinski definition) is 1. The molecule has 26 heavy (non-hydrogen) atoms. The molecule has 134 valence electrons. The third-order valence-corrected chi connectivity index (χ3v) is 4.84. The maximum absolute atomic E-state index is 13.5. The molecule has 0 bridgehead atoms. The Morgan fingerprint density at radius 2 is 2.08 bits per heavy atom. The highest BCUT2D eigenvalue weighted by Gasteiger charge is 2.17. The van der Waals surface area contributed by atoms with Gasteiger partial charge in [0.25, 0.3) is 0 Å². The summed E-state index contributed by atoms with van der Waals surface area (Å²) < 4.78 is 13.5. The number of benzene rings is 2. The molecular weight excluding hydrogens is 351 g/mol. The Kier molecular flexibility index (Phi) is 6.07.